The standard InChI is InChI=1S/C12H16N2O/c1-3-14(9-8-13)10-11-4-6-12(15-2)7-5-11/h4-7H,3,9-10H2,1-2H3. The maximum Gasteiger partial charge on any atom is 0.118 e. The molecule has 0 aromatic heterocycles. The number of benzene rings is 1. The molecule has 0 heterocycles. The average molecular weight is 204 g/mol. The Balaban J connectivity index is 2.59. The minimum Gasteiger partial charge on any atom is -0.497 e. The zero-order valence-electron chi connectivity index (χ0n) is 9.23. The van der Waals surface area contributed by atoms with Crippen LogP contribution < -0.4 is 4.74 Å². The smallest absolute Gasteiger partial charge is 0.118 e. The molecule has 1 rings (SSSR count). The van der Waals surface area contributed by atoms with E-state index in [1.165, 1.54) is 5.56 Å². The Morgan fingerprint density at radius 3 is 2.47 bits per heavy atom. The summed E-state index contributed by atoms with van der Waals surface area (Å²) >= 11 is 0. The van der Waals surface area contributed by atoms with Crippen molar-refractivity contribution in [2.45, 2.75) is 13.5 Å². The number of nitrogens with zero attached hydrogens (tertiary/aromatic N) is 2. The number of hydrogen-bond acceptors (Lipinski definition) is 3. The Bertz CT molecular complexity index is 326. The van der Waals surface area contributed by atoms with Crippen molar-refractivity contribution in [3.05, 3.63) is 29.8 Å². The summed E-state index contributed by atoms with van der Waals surface area (Å²) in [5.74, 6) is 0.863. The van der Waals surface area contributed by atoms with Gasteiger partial charge in [0, 0.05) is 6.54 Å². The van der Waals surface area contributed by atoms with Gasteiger partial charge in [-0.25, -0.2) is 0 Å². The van der Waals surface area contributed by atoms with E-state index in [4.69, 9.17) is 10.00 Å². The lowest BCUT2D eigenvalue weighted by Gasteiger charge is -2.16. The van der Waals surface area contributed by atoms with E-state index in [9.17, 15) is 0 Å². The van der Waals surface area contributed by atoms with Crippen LogP contribution >= 0.6 is 0 Å². The molecule has 1 aromatic carbocycles. The highest BCUT2D eigenvalue weighted by atomic mass is 16.5. The molecule has 0 amide bonds. The third kappa shape index (κ3) is 3.61. The summed E-state index contributed by atoms with van der Waals surface area (Å²) < 4.78 is 5.08. The van der Waals surface area contributed by atoms with Crippen LogP contribution in [0.2, 0.25) is 0 Å². The van der Waals surface area contributed by atoms with E-state index < -0.39 is 0 Å². The Labute approximate surface area is 90.9 Å². The van der Waals surface area contributed by atoms with Gasteiger partial charge >= 0.3 is 0 Å². The van der Waals surface area contributed by atoms with Crippen molar-refractivity contribution in [2.75, 3.05) is 20.2 Å². The number of nitriles is 1. The van der Waals surface area contributed by atoms with Crippen molar-refractivity contribution in [3.63, 3.8) is 0 Å². The van der Waals surface area contributed by atoms with Crippen molar-refractivity contribution in [1.29, 1.82) is 5.26 Å². The van der Waals surface area contributed by atoms with Crippen molar-refractivity contribution in [2.24, 2.45) is 0 Å². The molecular weight excluding hydrogens is 188 g/mol. The van der Waals surface area contributed by atoms with Gasteiger partial charge in [0.2, 0.25) is 0 Å². The third-order valence-electron chi connectivity index (χ3n) is 2.31. The summed E-state index contributed by atoms with van der Waals surface area (Å²) in [7, 11) is 1.66. The van der Waals surface area contributed by atoms with E-state index in [-0.39, 0.29) is 0 Å². The van der Waals surface area contributed by atoms with Crippen LogP contribution in [0.1, 0.15) is 12.5 Å². The lowest BCUT2D eigenvalue weighted by Crippen LogP contribution is -2.22. The molecule has 1 aromatic rings. The summed E-state index contributed by atoms with van der Waals surface area (Å²) in [6.07, 6.45) is 0. The lowest BCUT2D eigenvalue weighted by molar-refractivity contribution is 0.314. The first-order valence-corrected chi connectivity index (χ1v) is 5.02. The molecule has 0 N–H and O–H groups in total. The predicted octanol–water partition coefficient (Wildman–Crippen LogP) is 2.04. The summed E-state index contributed by atoms with van der Waals surface area (Å²) in [6, 6.07) is 10.1. The molecule has 0 radical (unpaired) electrons. The van der Waals surface area contributed by atoms with E-state index in [0.717, 1.165) is 18.8 Å². The molecule has 0 bridgehead atoms. The molecule has 0 aliphatic heterocycles. The molecule has 80 valence electrons. The Morgan fingerprint density at radius 2 is 2.00 bits per heavy atom. The predicted molar refractivity (Wildman–Crippen MR) is 59.6 cm³/mol. The molecule has 3 nitrogen and oxygen atoms in total. The largest absolute Gasteiger partial charge is 0.497 e. The number of methoxy groups -OCH3 is 1. The average Bonchev–Trinajstić information content (AvgIpc) is 2.29. The number of ether oxygens (including phenoxy) is 1. The van der Waals surface area contributed by atoms with Crippen LogP contribution in [0.3, 0.4) is 0 Å². The van der Waals surface area contributed by atoms with Gasteiger partial charge < -0.3 is 4.74 Å². The van der Waals surface area contributed by atoms with Crippen LogP contribution in [0.4, 0.5) is 0 Å². The van der Waals surface area contributed by atoms with Crippen molar-refractivity contribution >= 4 is 0 Å². The first-order chi connectivity index (χ1) is 7.30. The van der Waals surface area contributed by atoms with Crippen LogP contribution in [-0.4, -0.2) is 25.1 Å². The summed E-state index contributed by atoms with van der Waals surface area (Å²) in [4.78, 5) is 2.09. The highest BCUT2D eigenvalue weighted by Crippen LogP contribution is 2.12. The second-order valence-corrected chi connectivity index (χ2v) is 3.31. The van der Waals surface area contributed by atoms with Crippen molar-refractivity contribution in [1.82, 2.24) is 4.90 Å². The van der Waals surface area contributed by atoms with Gasteiger partial charge in [-0.3, -0.25) is 4.90 Å². The molecule has 0 fully saturated rings. The minimum absolute atomic E-state index is 0.475. The van der Waals surface area contributed by atoms with Gasteiger partial charge in [0.05, 0.1) is 19.7 Å². The van der Waals surface area contributed by atoms with Gasteiger partial charge in [-0.2, -0.15) is 5.26 Å². The fourth-order valence-electron chi connectivity index (χ4n) is 1.37. The van der Waals surface area contributed by atoms with Gasteiger partial charge in [0.15, 0.2) is 0 Å². The van der Waals surface area contributed by atoms with Crippen LogP contribution in [0.5, 0.6) is 5.75 Å². The number of hydrogen-bond donors (Lipinski definition) is 0. The van der Waals surface area contributed by atoms with E-state index in [2.05, 4.69) is 17.9 Å². The van der Waals surface area contributed by atoms with Crippen LogP contribution in [0.15, 0.2) is 24.3 Å². The fraction of sp³-hybridized carbons (Fsp3) is 0.417. The topological polar surface area (TPSA) is 36.3 Å². The van der Waals surface area contributed by atoms with E-state index in [1.54, 1.807) is 7.11 Å². The van der Waals surface area contributed by atoms with Crippen molar-refractivity contribution < 1.29 is 4.74 Å². The third-order valence-corrected chi connectivity index (χ3v) is 2.31. The van der Waals surface area contributed by atoms with Gasteiger partial charge in [-0.1, -0.05) is 19.1 Å². The van der Waals surface area contributed by atoms with Gasteiger partial charge in [0.25, 0.3) is 0 Å². The van der Waals surface area contributed by atoms with E-state index in [1.807, 2.05) is 24.3 Å². The van der Waals surface area contributed by atoms with E-state index in [0.29, 0.717) is 6.54 Å². The van der Waals surface area contributed by atoms with Gasteiger partial charge in [-0.05, 0) is 24.2 Å². The minimum atomic E-state index is 0.475. The molecule has 0 saturated carbocycles. The van der Waals surface area contributed by atoms with Crippen LogP contribution in [0.25, 0.3) is 0 Å². The summed E-state index contributed by atoms with van der Waals surface area (Å²) in [5.41, 5.74) is 1.20. The second-order valence-electron chi connectivity index (χ2n) is 3.31. The lowest BCUT2D eigenvalue weighted by atomic mass is 10.2. The highest BCUT2D eigenvalue weighted by molar-refractivity contribution is 5.27. The fourth-order valence-corrected chi connectivity index (χ4v) is 1.37. The van der Waals surface area contributed by atoms with E-state index >= 15 is 0 Å². The molecule has 0 aliphatic carbocycles. The molecule has 0 saturated heterocycles. The zero-order valence-corrected chi connectivity index (χ0v) is 9.23. The highest BCUT2D eigenvalue weighted by Gasteiger charge is 2.02. The molecule has 0 aliphatic rings. The Hall–Kier alpha value is -1.53. The summed E-state index contributed by atoms with van der Waals surface area (Å²) in [5, 5.41) is 8.62. The van der Waals surface area contributed by atoms with Crippen LogP contribution in [0, 0.1) is 11.3 Å². The van der Waals surface area contributed by atoms with Gasteiger partial charge in [-0.15, -0.1) is 0 Å². The molecule has 0 unspecified atom stereocenters. The SMILES string of the molecule is CCN(CC#N)Cc1ccc(OC)cc1. The molecule has 15 heavy (non-hydrogen) atoms. The van der Waals surface area contributed by atoms with Gasteiger partial charge in [0.1, 0.15) is 5.75 Å². The quantitative estimate of drug-likeness (QED) is 0.689. The first-order valence-electron chi connectivity index (χ1n) is 5.02. The Kier molecular flexibility index (Phi) is 4.65. The molecule has 0 spiro atoms. The maximum absolute atomic E-state index is 8.62. The van der Waals surface area contributed by atoms with Crippen LogP contribution in [-0.2, 0) is 6.54 Å². The number of rotatable bonds is 5. The maximum atomic E-state index is 8.62. The summed E-state index contributed by atoms with van der Waals surface area (Å²) in [6.45, 7) is 4.23. The molecule has 0 atom stereocenters. The normalized spacial score (nSPS) is 10.0. The zero-order chi connectivity index (χ0) is 11.1. The molecule has 3 heteroatoms. The van der Waals surface area contributed by atoms with Crippen molar-refractivity contribution in [3.8, 4) is 11.8 Å². The first kappa shape index (κ1) is 11.5. The Morgan fingerprint density at radius 1 is 1.33 bits per heavy atom. The molecular formula is C12H16N2O. The monoisotopic (exact) mass is 204 g/mol. The second kappa shape index (κ2) is 6.05.